The van der Waals surface area contributed by atoms with Crippen LogP contribution in [-0.2, 0) is 0 Å². The van der Waals surface area contributed by atoms with Crippen LogP contribution in [0.3, 0.4) is 0 Å². The van der Waals surface area contributed by atoms with Gasteiger partial charge >= 0.3 is 0 Å². The Kier molecular flexibility index (Phi) is 14.6. The fourth-order valence-corrected chi connectivity index (χ4v) is 3.14. The van der Waals surface area contributed by atoms with Gasteiger partial charge in [-0.2, -0.15) is 0 Å². The summed E-state index contributed by atoms with van der Waals surface area (Å²) >= 11 is 0. The first-order chi connectivity index (χ1) is 12.8. The van der Waals surface area contributed by atoms with E-state index < -0.39 is 0 Å². The van der Waals surface area contributed by atoms with Gasteiger partial charge in [-0.3, -0.25) is 0 Å². The van der Waals surface area contributed by atoms with Crippen LogP contribution in [0.1, 0.15) is 96.0 Å². The molecule has 1 aromatic carbocycles. The van der Waals surface area contributed by atoms with Gasteiger partial charge in [0.1, 0.15) is 0 Å². The lowest BCUT2D eigenvalue weighted by molar-refractivity contribution is 0.602. The van der Waals surface area contributed by atoms with Crippen LogP contribution in [0.4, 0.5) is 0 Å². The Morgan fingerprint density at radius 2 is 1.31 bits per heavy atom. The molecule has 0 aliphatic heterocycles. The monoisotopic (exact) mass is 352 g/mol. The van der Waals surface area contributed by atoms with Gasteiger partial charge in [-0.05, 0) is 56.1 Å². The van der Waals surface area contributed by atoms with Gasteiger partial charge in [0.2, 0.25) is 0 Å². The van der Waals surface area contributed by atoms with Crippen molar-refractivity contribution in [1.82, 2.24) is 0 Å². The highest BCUT2D eigenvalue weighted by Crippen LogP contribution is 2.19. The lowest BCUT2D eigenvalue weighted by Crippen LogP contribution is -1.84. The minimum Gasteiger partial charge on any atom is -0.0952 e. The van der Waals surface area contributed by atoms with E-state index in [9.17, 15) is 0 Å². The van der Waals surface area contributed by atoms with E-state index in [-0.39, 0.29) is 0 Å². The fourth-order valence-electron chi connectivity index (χ4n) is 3.14. The zero-order valence-electron chi connectivity index (χ0n) is 17.1. The SMILES string of the molecule is C=C(CCCCCCCC/C=C\C/C=C\CCCCC)c1ccccc1. The highest BCUT2D eigenvalue weighted by molar-refractivity contribution is 5.62. The van der Waals surface area contributed by atoms with E-state index in [2.05, 4.69) is 68.1 Å². The van der Waals surface area contributed by atoms with Crippen molar-refractivity contribution in [2.24, 2.45) is 0 Å². The minimum absolute atomic E-state index is 1.11. The normalized spacial score (nSPS) is 11.6. The summed E-state index contributed by atoms with van der Waals surface area (Å²) in [5.74, 6) is 0. The molecule has 0 bridgehead atoms. The first-order valence-electron chi connectivity index (χ1n) is 10.9. The Balaban J connectivity index is 1.86. The number of hydrogen-bond acceptors (Lipinski definition) is 0. The Morgan fingerprint density at radius 1 is 0.731 bits per heavy atom. The Morgan fingerprint density at radius 3 is 1.96 bits per heavy atom. The topological polar surface area (TPSA) is 0 Å². The summed E-state index contributed by atoms with van der Waals surface area (Å²) in [6, 6.07) is 10.6. The molecule has 0 radical (unpaired) electrons. The zero-order valence-corrected chi connectivity index (χ0v) is 17.1. The van der Waals surface area contributed by atoms with Gasteiger partial charge < -0.3 is 0 Å². The van der Waals surface area contributed by atoms with Crippen LogP contribution in [-0.4, -0.2) is 0 Å². The van der Waals surface area contributed by atoms with Gasteiger partial charge in [0.25, 0.3) is 0 Å². The fraction of sp³-hybridized carbons (Fsp3) is 0.538. The molecule has 1 rings (SSSR count). The molecule has 0 N–H and O–H groups in total. The number of allylic oxidation sites excluding steroid dienone is 5. The standard InChI is InChI=1S/C26H40/c1-3-4-5-6-7-8-9-10-11-12-13-14-15-16-17-19-22-25(2)26-23-20-18-21-24-26/h7-8,10-11,18,20-21,23-24H,2-6,9,12-17,19,22H2,1H3/b8-7-,11-10-. The third-order valence-corrected chi connectivity index (χ3v) is 4.86. The quantitative estimate of drug-likeness (QED) is 0.206. The van der Waals surface area contributed by atoms with Gasteiger partial charge in [-0.15, -0.1) is 0 Å². The van der Waals surface area contributed by atoms with E-state index in [0.29, 0.717) is 0 Å². The molecule has 0 aliphatic carbocycles. The molecule has 0 heteroatoms. The van der Waals surface area contributed by atoms with E-state index in [4.69, 9.17) is 0 Å². The van der Waals surface area contributed by atoms with Crippen LogP contribution in [0.5, 0.6) is 0 Å². The van der Waals surface area contributed by atoms with Crippen molar-refractivity contribution in [3.8, 4) is 0 Å². The van der Waals surface area contributed by atoms with E-state index in [1.54, 1.807) is 0 Å². The summed E-state index contributed by atoms with van der Waals surface area (Å²) in [4.78, 5) is 0. The van der Waals surface area contributed by atoms with Crippen molar-refractivity contribution in [2.45, 2.75) is 90.4 Å². The highest BCUT2D eigenvalue weighted by atomic mass is 14.0. The van der Waals surface area contributed by atoms with Gasteiger partial charge in [-0.25, -0.2) is 0 Å². The lowest BCUT2D eigenvalue weighted by Gasteiger charge is -2.05. The van der Waals surface area contributed by atoms with Crippen LogP contribution in [0, 0.1) is 0 Å². The van der Waals surface area contributed by atoms with Crippen LogP contribution >= 0.6 is 0 Å². The molecule has 0 heterocycles. The summed E-state index contributed by atoms with van der Waals surface area (Å²) < 4.78 is 0. The molecular weight excluding hydrogens is 312 g/mol. The van der Waals surface area contributed by atoms with E-state index in [1.165, 1.54) is 81.8 Å². The third-order valence-electron chi connectivity index (χ3n) is 4.86. The van der Waals surface area contributed by atoms with Crippen molar-refractivity contribution < 1.29 is 0 Å². The first kappa shape index (κ1) is 22.5. The molecule has 0 atom stereocenters. The largest absolute Gasteiger partial charge is 0.0952 e. The first-order valence-corrected chi connectivity index (χ1v) is 10.9. The number of rotatable bonds is 16. The van der Waals surface area contributed by atoms with Crippen molar-refractivity contribution in [3.63, 3.8) is 0 Å². The van der Waals surface area contributed by atoms with E-state index >= 15 is 0 Å². The van der Waals surface area contributed by atoms with Gasteiger partial charge in [-0.1, -0.05) is 107 Å². The number of hydrogen-bond donors (Lipinski definition) is 0. The second kappa shape index (κ2) is 16.9. The molecule has 1 aromatic rings. The Bertz CT molecular complexity index is 492. The maximum Gasteiger partial charge on any atom is -0.0169 e. The van der Waals surface area contributed by atoms with Crippen molar-refractivity contribution >= 4 is 5.57 Å². The smallest absolute Gasteiger partial charge is 0.0169 e. The summed E-state index contributed by atoms with van der Waals surface area (Å²) in [7, 11) is 0. The lowest BCUT2D eigenvalue weighted by atomic mass is 10.0. The summed E-state index contributed by atoms with van der Waals surface area (Å²) in [6.45, 7) is 6.48. The molecule has 144 valence electrons. The van der Waals surface area contributed by atoms with Crippen LogP contribution in [0.25, 0.3) is 5.57 Å². The van der Waals surface area contributed by atoms with E-state index in [0.717, 1.165) is 12.8 Å². The third kappa shape index (κ3) is 12.8. The second-order valence-electron chi connectivity index (χ2n) is 7.30. The molecule has 0 aromatic heterocycles. The number of unbranched alkanes of at least 4 members (excludes halogenated alkanes) is 9. The molecule has 0 saturated heterocycles. The van der Waals surface area contributed by atoms with Gasteiger partial charge in [0.15, 0.2) is 0 Å². The van der Waals surface area contributed by atoms with Crippen molar-refractivity contribution in [2.75, 3.05) is 0 Å². The van der Waals surface area contributed by atoms with Crippen LogP contribution in [0.15, 0.2) is 61.2 Å². The maximum atomic E-state index is 4.22. The molecule has 0 spiro atoms. The molecule has 0 amide bonds. The predicted molar refractivity (Wildman–Crippen MR) is 119 cm³/mol. The maximum absolute atomic E-state index is 4.22. The van der Waals surface area contributed by atoms with Gasteiger partial charge in [0.05, 0.1) is 0 Å². The summed E-state index contributed by atoms with van der Waals surface area (Å²) in [5, 5.41) is 0. The molecule has 0 nitrogen and oxygen atoms in total. The highest BCUT2D eigenvalue weighted by Gasteiger charge is 1.98. The van der Waals surface area contributed by atoms with Crippen LogP contribution < -0.4 is 0 Å². The predicted octanol–water partition coefficient (Wildman–Crippen LogP) is 8.90. The van der Waals surface area contributed by atoms with Crippen LogP contribution in [0.2, 0.25) is 0 Å². The molecule has 26 heavy (non-hydrogen) atoms. The van der Waals surface area contributed by atoms with Crippen molar-refractivity contribution in [3.05, 3.63) is 66.8 Å². The molecule has 0 aliphatic rings. The average molecular weight is 353 g/mol. The minimum atomic E-state index is 1.11. The van der Waals surface area contributed by atoms with Gasteiger partial charge in [0, 0.05) is 0 Å². The van der Waals surface area contributed by atoms with Crippen molar-refractivity contribution in [1.29, 1.82) is 0 Å². The van der Waals surface area contributed by atoms with E-state index in [1.807, 2.05) is 0 Å². The molecule has 0 saturated carbocycles. The number of benzene rings is 1. The summed E-state index contributed by atoms with van der Waals surface area (Å²) in [5.41, 5.74) is 2.59. The Labute approximate surface area is 163 Å². The molecule has 0 fully saturated rings. The summed E-state index contributed by atoms with van der Waals surface area (Å²) in [6.07, 6.45) is 26.2. The second-order valence-corrected chi connectivity index (χ2v) is 7.30. The Hall–Kier alpha value is -1.56. The molecular formula is C26H40. The molecule has 0 unspecified atom stereocenters. The average Bonchev–Trinajstić information content (AvgIpc) is 2.68. The zero-order chi connectivity index (χ0) is 18.7.